The van der Waals surface area contributed by atoms with E-state index >= 15 is 0 Å². The standard InChI is InChI=1S/C11H9N3O/c15-11(10-3-5-13-8-14-10)6-9-2-1-4-12-7-9/h1-5,7-8H,6H2. The molecule has 0 atom stereocenters. The van der Waals surface area contributed by atoms with Gasteiger partial charge in [-0.2, -0.15) is 0 Å². The van der Waals surface area contributed by atoms with Crippen LogP contribution in [0.25, 0.3) is 0 Å². The van der Waals surface area contributed by atoms with Crippen molar-refractivity contribution in [2.45, 2.75) is 6.42 Å². The number of nitrogens with zero attached hydrogens (tertiary/aromatic N) is 3. The van der Waals surface area contributed by atoms with E-state index in [2.05, 4.69) is 15.0 Å². The van der Waals surface area contributed by atoms with Crippen molar-refractivity contribution >= 4 is 5.78 Å². The number of aromatic nitrogens is 3. The van der Waals surface area contributed by atoms with Crippen molar-refractivity contribution in [3.05, 3.63) is 54.4 Å². The largest absolute Gasteiger partial charge is 0.292 e. The van der Waals surface area contributed by atoms with Crippen LogP contribution in [-0.4, -0.2) is 20.7 Å². The Balaban J connectivity index is 2.12. The molecule has 0 aliphatic rings. The van der Waals surface area contributed by atoms with Gasteiger partial charge in [-0.15, -0.1) is 0 Å². The summed E-state index contributed by atoms with van der Waals surface area (Å²) in [7, 11) is 0. The fourth-order valence-corrected chi connectivity index (χ4v) is 1.23. The quantitative estimate of drug-likeness (QED) is 0.699. The molecule has 0 saturated heterocycles. The van der Waals surface area contributed by atoms with Crippen molar-refractivity contribution < 1.29 is 4.79 Å². The van der Waals surface area contributed by atoms with E-state index in [9.17, 15) is 4.79 Å². The van der Waals surface area contributed by atoms with Gasteiger partial charge in [0.05, 0.1) is 0 Å². The second kappa shape index (κ2) is 4.41. The van der Waals surface area contributed by atoms with Crippen molar-refractivity contribution in [2.75, 3.05) is 0 Å². The van der Waals surface area contributed by atoms with Gasteiger partial charge in [0.2, 0.25) is 0 Å². The second-order valence-corrected chi connectivity index (χ2v) is 3.06. The molecule has 4 heteroatoms. The van der Waals surface area contributed by atoms with Gasteiger partial charge in [-0.3, -0.25) is 9.78 Å². The highest BCUT2D eigenvalue weighted by Crippen LogP contribution is 2.02. The number of carbonyl (C=O) groups excluding carboxylic acids is 1. The first-order valence-electron chi connectivity index (χ1n) is 4.54. The zero-order valence-corrected chi connectivity index (χ0v) is 8.00. The van der Waals surface area contributed by atoms with Crippen LogP contribution in [0.3, 0.4) is 0 Å². The molecule has 2 aromatic rings. The number of pyridine rings is 1. The molecule has 0 bridgehead atoms. The first-order chi connectivity index (χ1) is 7.36. The van der Waals surface area contributed by atoms with Gasteiger partial charge >= 0.3 is 0 Å². The fourth-order valence-electron chi connectivity index (χ4n) is 1.23. The highest BCUT2D eigenvalue weighted by atomic mass is 16.1. The minimum atomic E-state index is -0.0228. The molecule has 0 amide bonds. The van der Waals surface area contributed by atoms with Gasteiger partial charge < -0.3 is 0 Å². The maximum Gasteiger partial charge on any atom is 0.185 e. The Morgan fingerprint density at radius 2 is 2.13 bits per heavy atom. The van der Waals surface area contributed by atoms with Crippen molar-refractivity contribution in [3.63, 3.8) is 0 Å². The molecule has 0 saturated carbocycles. The van der Waals surface area contributed by atoms with Crippen LogP contribution in [-0.2, 0) is 6.42 Å². The van der Waals surface area contributed by atoms with Gasteiger partial charge in [0.15, 0.2) is 5.78 Å². The number of ketones is 1. The molecular weight excluding hydrogens is 190 g/mol. The van der Waals surface area contributed by atoms with E-state index in [0.717, 1.165) is 5.56 Å². The van der Waals surface area contributed by atoms with E-state index in [0.29, 0.717) is 12.1 Å². The van der Waals surface area contributed by atoms with Gasteiger partial charge in [-0.05, 0) is 17.7 Å². The minimum Gasteiger partial charge on any atom is -0.292 e. The average molecular weight is 199 g/mol. The van der Waals surface area contributed by atoms with E-state index in [4.69, 9.17) is 0 Å². The van der Waals surface area contributed by atoms with Crippen molar-refractivity contribution in [1.82, 2.24) is 15.0 Å². The van der Waals surface area contributed by atoms with Gasteiger partial charge in [0, 0.05) is 25.0 Å². The predicted molar refractivity (Wildman–Crippen MR) is 54.3 cm³/mol. The zero-order chi connectivity index (χ0) is 10.5. The zero-order valence-electron chi connectivity index (χ0n) is 8.00. The van der Waals surface area contributed by atoms with Crippen molar-refractivity contribution in [1.29, 1.82) is 0 Å². The summed E-state index contributed by atoms with van der Waals surface area (Å²) in [6.45, 7) is 0. The molecule has 74 valence electrons. The molecule has 0 aliphatic heterocycles. The summed E-state index contributed by atoms with van der Waals surface area (Å²) in [5.74, 6) is -0.0228. The first-order valence-corrected chi connectivity index (χ1v) is 4.54. The average Bonchev–Trinajstić information content (AvgIpc) is 2.31. The lowest BCUT2D eigenvalue weighted by Gasteiger charge is -1.98. The van der Waals surface area contributed by atoms with Crippen LogP contribution in [0.5, 0.6) is 0 Å². The Bertz CT molecular complexity index is 442. The molecule has 0 fully saturated rings. The number of rotatable bonds is 3. The summed E-state index contributed by atoms with van der Waals surface area (Å²) < 4.78 is 0. The SMILES string of the molecule is O=C(Cc1cccnc1)c1ccncn1. The number of carbonyl (C=O) groups is 1. The van der Waals surface area contributed by atoms with E-state index in [-0.39, 0.29) is 5.78 Å². The maximum atomic E-state index is 11.7. The topological polar surface area (TPSA) is 55.7 Å². The van der Waals surface area contributed by atoms with Crippen molar-refractivity contribution in [3.8, 4) is 0 Å². The summed E-state index contributed by atoms with van der Waals surface area (Å²) in [4.78, 5) is 23.3. The van der Waals surface area contributed by atoms with Gasteiger partial charge in [0.25, 0.3) is 0 Å². The molecule has 2 rings (SSSR count). The van der Waals surface area contributed by atoms with E-state index in [1.807, 2.05) is 12.1 Å². The second-order valence-electron chi connectivity index (χ2n) is 3.06. The van der Waals surface area contributed by atoms with E-state index in [1.54, 1.807) is 24.7 Å². The number of hydrogen-bond donors (Lipinski definition) is 0. The number of hydrogen-bond acceptors (Lipinski definition) is 4. The maximum absolute atomic E-state index is 11.7. The van der Waals surface area contributed by atoms with E-state index < -0.39 is 0 Å². The fraction of sp³-hybridized carbons (Fsp3) is 0.0909. The Labute approximate surface area is 87.0 Å². The molecule has 0 aliphatic carbocycles. The van der Waals surface area contributed by atoms with E-state index in [1.165, 1.54) is 6.33 Å². The van der Waals surface area contributed by atoms with Crippen LogP contribution in [0.1, 0.15) is 16.1 Å². The lowest BCUT2D eigenvalue weighted by molar-refractivity contribution is 0.0988. The van der Waals surface area contributed by atoms with Crippen LogP contribution < -0.4 is 0 Å². The Morgan fingerprint density at radius 3 is 2.80 bits per heavy atom. The third kappa shape index (κ3) is 2.43. The third-order valence-electron chi connectivity index (χ3n) is 1.96. The van der Waals surface area contributed by atoms with Crippen LogP contribution in [0, 0.1) is 0 Å². The Morgan fingerprint density at radius 1 is 1.20 bits per heavy atom. The highest BCUT2D eigenvalue weighted by molar-refractivity contribution is 5.95. The molecule has 0 radical (unpaired) electrons. The Hall–Kier alpha value is -2.10. The monoisotopic (exact) mass is 199 g/mol. The minimum absolute atomic E-state index is 0.0228. The molecular formula is C11H9N3O. The first kappa shape index (κ1) is 9.45. The molecule has 0 N–H and O–H groups in total. The normalized spacial score (nSPS) is 9.87. The summed E-state index contributed by atoms with van der Waals surface area (Å²) in [6.07, 6.45) is 6.61. The van der Waals surface area contributed by atoms with Crippen LogP contribution in [0.15, 0.2) is 43.1 Å². The molecule has 2 aromatic heterocycles. The lowest BCUT2D eigenvalue weighted by Crippen LogP contribution is -2.05. The lowest BCUT2D eigenvalue weighted by atomic mass is 10.1. The third-order valence-corrected chi connectivity index (χ3v) is 1.96. The summed E-state index contributed by atoms with van der Waals surface area (Å²) >= 11 is 0. The van der Waals surface area contributed by atoms with Gasteiger partial charge in [-0.1, -0.05) is 6.07 Å². The molecule has 0 spiro atoms. The highest BCUT2D eigenvalue weighted by Gasteiger charge is 2.07. The van der Waals surface area contributed by atoms with Crippen molar-refractivity contribution in [2.24, 2.45) is 0 Å². The molecule has 2 heterocycles. The molecule has 0 aromatic carbocycles. The molecule has 15 heavy (non-hydrogen) atoms. The van der Waals surface area contributed by atoms with Gasteiger partial charge in [0.1, 0.15) is 12.0 Å². The summed E-state index contributed by atoms with van der Waals surface area (Å²) in [5.41, 5.74) is 1.33. The summed E-state index contributed by atoms with van der Waals surface area (Å²) in [6, 6.07) is 5.29. The van der Waals surface area contributed by atoms with Crippen LogP contribution >= 0.6 is 0 Å². The Kier molecular flexibility index (Phi) is 2.78. The predicted octanol–water partition coefficient (Wildman–Crippen LogP) is 1.30. The van der Waals surface area contributed by atoms with Crippen LogP contribution in [0.2, 0.25) is 0 Å². The van der Waals surface area contributed by atoms with Gasteiger partial charge in [-0.25, -0.2) is 9.97 Å². The number of Topliss-reactive ketones (excluding diaryl/α,β-unsaturated/α-hetero) is 1. The smallest absolute Gasteiger partial charge is 0.185 e. The van der Waals surface area contributed by atoms with Crippen LogP contribution in [0.4, 0.5) is 0 Å². The summed E-state index contributed by atoms with van der Waals surface area (Å²) in [5, 5.41) is 0. The molecule has 0 unspecified atom stereocenters. The molecule has 4 nitrogen and oxygen atoms in total.